The van der Waals surface area contributed by atoms with Crippen LogP contribution < -0.4 is 0 Å². The van der Waals surface area contributed by atoms with Crippen LogP contribution in [0.3, 0.4) is 0 Å². The summed E-state index contributed by atoms with van der Waals surface area (Å²) in [7, 11) is 0. The number of aliphatic hydroxyl groups excluding tert-OH is 1. The van der Waals surface area contributed by atoms with Gasteiger partial charge in [0.05, 0.1) is 6.42 Å². The molecule has 1 unspecified atom stereocenters. The van der Waals surface area contributed by atoms with Gasteiger partial charge in [0.25, 0.3) is 0 Å². The number of carboxylic acids is 1. The third kappa shape index (κ3) is 7.39. The Bertz CT molecular complexity index is 81.0. The van der Waals surface area contributed by atoms with E-state index in [2.05, 4.69) is 0 Å². The predicted molar refractivity (Wildman–Crippen MR) is 32.1 cm³/mol. The van der Waals surface area contributed by atoms with Crippen molar-refractivity contribution in [3.63, 3.8) is 0 Å². The minimum absolute atomic E-state index is 0. The van der Waals surface area contributed by atoms with Gasteiger partial charge in [-0.1, -0.05) is 6.92 Å². The molecule has 0 saturated heterocycles. The Labute approximate surface area is 53.4 Å². The molecule has 0 aromatic heterocycles. The van der Waals surface area contributed by atoms with Gasteiger partial charge in [0.15, 0.2) is 0 Å². The number of aliphatic carboxylic acids is 1. The van der Waals surface area contributed by atoms with Crippen molar-refractivity contribution in [2.24, 2.45) is 5.92 Å². The standard InChI is InChI=1S/C5H10O3.H2O/c1-4(3-6)2-5(7)8;/h4,6H,2-3H2,1H3,(H,7,8);1H2. The summed E-state index contributed by atoms with van der Waals surface area (Å²) in [6, 6.07) is 0. The number of hydrogen-bond donors (Lipinski definition) is 2. The maximum atomic E-state index is 9.86. The lowest BCUT2D eigenvalue weighted by Crippen LogP contribution is -2.07. The van der Waals surface area contributed by atoms with Crippen LogP contribution in [0.15, 0.2) is 0 Å². The summed E-state index contributed by atoms with van der Waals surface area (Å²) in [5, 5.41) is 16.4. The summed E-state index contributed by atoms with van der Waals surface area (Å²) >= 11 is 0. The molecule has 0 aromatic carbocycles. The second-order valence-electron chi connectivity index (χ2n) is 1.89. The van der Waals surface area contributed by atoms with Crippen molar-refractivity contribution in [1.82, 2.24) is 0 Å². The van der Waals surface area contributed by atoms with E-state index in [1.807, 2.05) is 0 Å². The summed E-state index contributed by atoms with van der Waals surface area (Å²) in [4.78, 5) is 9.86. The topological polar surface area (TPSA) is 89.0 Å². The van der Waals surface area contributed by atoms with Crippen molar-refractivity contribution in [3.8, 4) is 0 Å². The van der Waals surface area contributed by atoms with Crippen LogP contribution in [-0.4, -0.2) is 28.3 Å². The van der Waals surface area contributed by atoms with Gasteiger partial charge in [-0.15, -0.1) is 0 Å². The Morgan fingerprint density at radius 3 is 2.22 bits per heavy atom. The highest BCUT2D eigenvalue weighted by molar-refractivity contribution is 5.66. The van der Waals surface area contributed by atoms with Crippen LogP contribution in [0.25, 0.3) is 0 Å². The average molecular weight is 136 g/mol. The van der Waals surface area contributed by atoms with Gasteiger partial charge in [0.1, 0.15) is 0 Å². The lowest BCUT2D eigenvalue weighted by molar-refractivity contribution is -0.138. The van der Waals surface area contributed by atoms with Gasteiger partial charge in [-0.05, 0) is 5.92 Å². The molecule has 0 heterocycles. The quantitative estimate of drug-likeness (QED) is 0.535. The van der Waals surface area contributed by atoms with Crippen molar-refractivity contribution in [3.05, 3.63) is 0 Å². The Kier molecular flexibility index (Phi) is 6.89. The van der Waals surface area contributed by atoms with Gasteiger partial charge in [0, 0.05) is 6.61 Å². The third-order valence-corrected chi connectivity index (χ3v) is 0.835. The summed E-state index contributed by atoms with van der Waals surface area (Å²) in [6.45, 7) is 1.64. The molecule has 0 aliphatic heterocycles. The smallest absolute Gasteiger partial charge is 0.303 e. The van der Waals surface area contributed by atoms with Crippen molar-refractivity contribution >= 4 is 5.97 Å². The maximum absolute atomic E-state index is 9.86. The van der Waals surface area contributed by atoms with Crippen molar-refractivity contribution in [1.29, 1.82) is 0 Å². The highest BCUT2D eigenvalue weighted by Crippen LogP contribution is 1.97. The van der Waals surface area contributed by atoms with Crippen molar-refractivity contribution in [2.45, 2.75) is 13.3 Å². The molecule has 0 rings (SSSR count). The normalized spacial score (nSPS) is 11.8. The molecule has 0 radical (unpaired) electrons. The fraction of sp³-hybridized carbons (Fsp3) is 0.800. The van der Waals surface area contributed by atoms with Gasteiger partial charge in [-0.25, -0.2) is 0 Å². The molecule has 0 amide bonds. The lowest BCUT2D eigenvalue weighted by Gasteiger charge is -2.00. The van der Waals surface area contributed by atoms with Crippen molar-refractivity contribution in [2.75, 3.05) is 6.61 Å². The zero-order chi connectivity index (χ0) is 6.57. The van der Waals surface area contributed by atoms with E-state index in [0.29, 0.717) is 0 Å². The number of hydrogen-bond acceptors (Lipinski definition) is 2. The molecular formula is C5H12O4. The molecule has 0 bridgehead atoms. The first-order chi connectivity index (χ1) is 3.66. The van der Waals surface area contributed by atoms with Crippen molar-refractivity contribution < 1.29 is 20.5 Å². The van der Waals surface area contributed by atoms with E-state index >= 15 is 0 Å². The molecule has 0 spiro atoms. The number of carbonyl (C=O) groups is 1. The van der Waals surface area contributed by atoms with Crippen LogP contribution in [0.4, 0.5) is 0 Å². The molecule has 4 nitrogen and oxygen atoms in total. The molecule has 0 aliphatic rings. The summed E-state index contributed by atoms with van der Waals surface area (Å²) in [5.41, 5.74) is 0. The predicted octanol–water partition coefficient (Wildman–Crippen LogP) is -0.735. The highest BCUT2D eigenvalue weighted by Gasteiger charge is 2.03. The largest absolute Gasteiger partial charge is 0.481 e. The minimum atomic E-state index is -0.855. The van der Waals surface area contributed by atoms with Gasteiger partial charge in [0.2, 0.25) is 0 Å². The Hall–Kier alpha value is -0.610. The Balaban J connectivity index is 0. The molecule has 4 N–H and O–H groups in total. The number of rotatable bonds is 3. The zero-order valence-electron chi connectivity index (χ0n) is 5.29. The maximum Gasteiger partial charge on any atom is 0.303 e. The van der Waals surface area contributed by atoms with Crippen LogP contribution in [0, 0.1) is 5.92 Å². The van der Waals surface area contributed by atoms with Crippen LogP contribution in [-0.2, 0) is 4.79 Å². The van der Waals surface area contributed by atoms with E-state index in [4.69, 9.17) is 10.2 Å². The SMILES string of the molecule is CC(CO)CC(=O)O.O. The molecule has 0 aliphatic carbocycles. The van der Waals surface area contributed by atoms with Gasteiger partial charge in [-0.2, -0.15) is 0 Å². The van der Waals surface area contributed by atoms with E-state index in [1.165, 1.54) is 0 Å². The first-order valence-electron chi connectivity index (χ1n) is 2.49. The molecular weight excluding hydrogens is 124 g/mol. The van der Waals surface area contributed by atoms with Crippen LogP contribution in [0.5, 0.6) is 0 Å². The molecule has 0 aromatic rings. The zero-order valence-corrected chi connectivity index (χ0v) is 5.29. The second-order valence-corrected chi connectivity index (χ2v) is 1.89. The molecule has 4 heteroatoms. The fourth-order valence-corrected chi connectivity index (χ4v) is 0.363. The summed E-state index contributed by atoms with van der Waals surface area (Å²) in [6.07, 6.45) is 0.0521. The highest BCUT2D eigenvalue weighted by atomic mass is 16.4. The van der Waals surface area contributed by atoms with E-state index < -0.39 is 5.97 Å². The van der Waals surface area contributed by atoms with Crippen LogP contribution in [0.1, 0.15) is 13.3 Å². The lowest BCUT2D eigenvalue weighted by atomic mass is 10.1. The van der Waals surface area contributed by atoms with E-state index in [9.17, 15) is 4.79 Å². The molecule has 9 heavy (non-hydrogen) atoms. The first-order valence-corrected chi connectivity index (χ1v) is 2.49. The molecule has 56 valence electrons. The second kappa shape index (κ2) is 5.53. The molecule has 0 saturated carbocycles. The van der Waals surface area contributed by atoms with E-state index in [1.54, 1.807) is 6.92 Å². The van der Waals surface area contributed by atoms with Gasteiger partial charge in [-0.3, -0.25) is 4.79 Å². The fourth-order valence-electron chi connectivity index (χ4n) is 0.363. The first kappa shape index (κ1) is 11.2. The summed E-state index contributed by atoms with van der Waals surface area (Å²) < 4.78 is 0. The number of carboxylic acid groups (broad SMARTS) is 1. The Morgan fingerprint density at radius 2 is 2.11 bits per heavy atom. The Morgan fingerprint density at radius 1 is 1.67 bits per heavy atom. The molecule has 0 fully saturated rings. The van der Waals surface area contributed by atoms with Gasteiger partial charge >= 0.3 is 5.97 Å². The monoisotopic (exact) mass is 136 g/mol. The number of aliphatic hydroxyl groups is 1. The van der Waals surface area contributed by atoms with Crippen LogP contribution >= 0.6 is 0 Å². The van der Waals surface area contributed by atoms with E-state index in [-0.39, 0.29) is 24.4 Å². The molecule has 1 atom stereocenters. The third-order valence-electron chi connectivity index (χ3n) is 0.835. The average Bonchev–Trinajstić information content (AvgIpc) is 1.65. The van der Waals surface area contributed by atoms with Gasteiger partial charge < -0.3 is 15.7 Å². The minimum Gasteiger partial charge on any atom is -0.481 e. The van der Waals surface area contributed by atoms with E-state index in [0.717, 1.165) is 0 Å². The van der Waals surface area contributed by atoms with Crippen LogP contribution in [0.2, 0.25) is 0 Å². The summed E-state index contributed by atoms with van der Waals surface area (Å²) in [5.74, 6) is -0.973.